The summed E-state index contributed by atoms with van der Waals surface area (Å²) in [5.41, 5.74) is 0.229. The molecule has 0 unspecified atom stereocenters. The monoisotopic (exact) mass is 473 g/mol. The zero-order valence-electron chi connectivity index (χ0n) is 18.1. The minimum absolute atomic E-state index is 0.0409. The Morgan fingerprint density at radius 3 is 2.68 bits per heavy atom. The summed E-state index contributed by atoms with van der Waals surface area (Å²) in [5.74, 6) is -1.14. The van der Waals surface area contributed by atoms with Gasteiger partial charge in [0.05, 0.1) is 24.2 Å². The number of anilines is 2. The van der Waals surface area contributed by atoms with Crippen LogP contribution in [0.5, 0.6) is 0 Å². The van der Waals surface area contributed by atoms with E-state index in [9.17, 15) is 23.2 Å². The molecule has 4 aromatic rings. The van der Waals surface area contributed by atoms with Crippen LogP contribution < -0.4 is 11.0 Å². The highest BCUT2D eigenvalue weighted by Crippen LogP contribution is 2.31. The number of fused-ring (bicyclic) bond motifs is 2. The van der Waals surface area contributed by atoms with E-state index in [1.54, 1.807) is 14.0 Å². The molecule has 0 atom stereocenters. The number of pyridine rings is 1. The molecule has 1 N–H and O–H groups in total. The number of halogens is 3. The standard InChI is InChI=1S/C20H18F3N9O2/c1-11-7-14-27-16(20(21,22)23)29-31(14)9-12(11)26-17-25-8-13-15(28-17)32(18(33)30(13)2)19(10-24)3-5-34-6-4-19/h7-9H,3-6H2,1-2H3,(H,25,26,28). The first-order valence-electron chi connectivity index (χ1n) is 10.3. The Labute approximate surface area is 189 Å². The van der Waals surface area contributed by atoms with E-state index in [0.29, 0.717) is 42.8 Å². The first-order chi connectivity index (χ1) is 16.1. The number of imidazole rings is 1. The number of aryl methyl sites for hydroxylation is 2. The number of rotatable bonds is 3. The summed E-state index contributed by atoms with van der Waals surface area (Å²) in [5, 5.41) is 16.4. The Balaban J connectivity index is 1.59. The van der Waals surface area contributed by atoms with Gasteiger partial charge in [-0.05, 0) is 18.6 Å². The maximum absolute atomic E-state index is 13.0. The van der Waals surface area contributed by atoms with Crippen molar-refractivity contribution in [3.63, 3.8) is 0 Å². The zero-order valence-corrected chi connectivity index (χ0v) is 18.1. The van der Waals surface area contributed by atoms with Gasteiger partial charge in [-0.3, -0.25) is 9.13 Å². The van der Waals surface area contributed by atoms with Gasteiger partial charge < -0.3 is 10.1 Å². The summed E-state index contributed by atoms with van der Waals surface area (Å²) in [4.78, 5) is 25.3. The summed E-state index contributed by atoms with van der Waals surface area (Å²) in [6, 6.07) is 3.72. The average molecular weight is 473 g/mol. The van der Waals surface area contributed by atoms with Crippen LogP contribution in [0.1, 0.15) is 24.2 Å². The number of hydrogen-bond acceptors (Lipinski definition) is 8. The highest BCUT2D eigenvalue weighted by molar-refractivity contribution is 5.74. The molecular formula is C20H18F3N9O2. The molecule has 0 radical (unpaired) electrons. The van der Waals surface area contributed by atoms with Gasteiger partial charge in [-0.1, -0.05) is 0 Å². The third kappa shape index (κ3) is 3.36. The summed E-state index contributed by atoms with van der Waals surface area (Å²) in [7, 11) is 1.57. The minimum Gasteiger partial charge on any atom is -0.381 e. The normalized spacial score (nSPS) is 16.1. The maximum Gasteiger partial charge on any atom is 0.453 e. The largest absolute Gasteiger partial charge is 0.453 e. The lowest BCUT2D eigenvalue weighted by Gasteiger charge is -2.31. The molecule has 11 nitrogen and oxygen atoms in total. The smallest absolute Gasteiger partial charge is 0.381 e. The summed E-state index contributed by atoms with van der Waals surface area (Å²) < 4.78 is 48.1. The van der Waals surface area contributed by atoms with Gasteiger partial charge >= 0.3 is 11.9 Å². The van der Waals surface area contributed by atoms with E-state index in [4.69, 9.17) is 4.74 Å². The number of nitriles is 1. The Morgan fingerprint density at radius 2 is 2.00 bits per heavy atom. The molecule has 0 amide bonds. The highest BCUT2D eigenvalue weighted by atomic mass is 19.4. The zero-order chi connectivity index (χ0) is 24.3. The molecule has 5 rings (SSSR count). The quantitative estimate of drug-likeness (QED) is 0.480. The molecule has 176 valence electrons. The van der Waals surface area contributed by atoms with Crippen LogP contribution in [0.25, 0.3) is 16.8 Å². The number of nitrogens with one attached hydrogen (secondary N) is 1. The molecule has 1 saturated heterocycles. The number of aromatic nitrogens is 7. The number of alkyl halides is 3. The van der Waals surface area contributed by atoms with Gasteiger partial charge in [0, 0.05) is 33.1 Å². The molecule has 0 bridgehead atoms. The van der Waals surface area contributed by atoms with E-state index >= 15 is 0 Å². The fourth-order valence-electron chi connectivity index (χ4n) is 4.05. The molecule has 5 heterocycles. The van der Waals surface area contributed by atoms with Crippen molar-refractivity contribution in [1.29, 1.82) is 5.26 Å². The second-order valence-corrected chi connectivity index (χ2v) is 8.07. The molecule has 1 fully saturated rings. The predicted octanol–water partition coefficient (Wildman–Crippen LogP) is 2.27. The maximum atomic E-state index is 13.0. The van der Waals surface area contributed by atoms with Crippen molar-refractivity contribution in [2.45, 2.75) is 31.5 Å². The van der Waals surface area contributed by atoms with Crippen molar-refractivity contribution in [2.24, 2.45) is 7.05 Å². The molecule has 14 heteroatoms. The molecule has 0 saturated carbocycles. The van der Waals surface area contributed by atoms with Gasteiger partial charge in [-0.2, -0.15) is 23.4 Å². The fraction of sp³-hybridized carbons (Fsp3) is 0.400. The number of nitrogens with zero attached hydrogens (tertiary/aromatic N) is 8. The van der Waals surface area contributed by atoms with Gasteiger partial charge in [-0.25, -0.2) is 19.3 Å². The van der Waals surface area contributed by atoms with Gasteiger partial charge in [0.25, 0.3) is 5.82 Å². The number of hydrogen-bond donors (Lipinski definition) is 1. The van der Waals surface area contributed by atoms with E-state index in [-0.39, 0.29) is 17.2 Å². The number of ether oxygens (including phenoxy) is 1. The van der Waals surface area contributed by atoms with Crippen molar-refractivity contribution >= 4 is 28.4 Å². The van der Waals surface area contributed by atoms with E-state index in [1.807, 2.05) is 0 Å². The average Bonchev–Trinajstić information content (AvgIpc) is 3.33. The van der Waals surface area contributed by atoms with Crippen LogP contribution in [0, 0.1) is 18.3 Å². The summed E-state index contributed by atoms with van der Waals surface area (Å²) in [6.07, 6.45) is -1.19. The van der Waals surface area contributed by atoms with Crippen LogP contribution in [0.4, 0.5) is 24.8 Å². The minimum atomic E-state index is -4.67. The third-order valence-corrected chi connectivity index (χ3v) is 5.94. The summed E-state index contributed by atoms with van der Waals surface area (Å²) in [6.45, 7) is 2.36. The Kier molecular flexibility index (Phi) is 4.83. The van der Waals surface area contributed by atoms with Crippen molar-refractivity contribution in [3.05, 3.63) is 40.3 Å². The first-order valence-corrected chi connectivity index (χ1v) is 10.3. The molecule has 0 spiro atoms. The van der Waals surface area contributed by atoms with Crippen molar-refractivity contribution in [1.82, 2.24) is 33.7 Å². The fourth-order valence-corrected chi connectivity index (χ4v) is 4.05. The van der Waals surface area contributed by atoms with E-state index < -0.39 is 23.2 Å². The lowest BCUT2D eigenvalue weighted by molar-refractivity contribution is -0.144. The Hall–Kier alpha value is -3.99. The van der Waals surface area contributed by atoms with Gasteiger partial charge in [0.1, 0.15) is 11.1 Å². The molecule has 0 aliphatic carbocycles. The van der Waals surface area contributed by atoms with Crippen LogP contribution in [-0.4, -0.2) is 46.9 Å². The SMILES string of the molecule is Cc1cc2nc(C(F)(F)F)nn2cc1Nc1ncc2c(n1)n(C1(C#N)CCOCC1)c(=O)n2C. The molecular weight excluding hydrogens is 455 g/mol. The van der Waals surface area contributed by atoms with Crippen molar-refractivity contribution in [3.8, 4) is 6.07 Å². The lowest BCUT2D eigenvalue weighted by Crippen LogP contribution is -2.44. The Morgan fingerprint density at radius 1 is 1.26 bits per heavy atom. The third-order valence-electron chi connectivity index (χ3n) is 5.94. The van der Waals surface area contributed by atoms with Crippen LogP contribution in [0.2, 0.25) is 0 Å². The van der Waals surface area contributed by atoms with Crippen molar-refractivity contribution < 1.29 is 17.9 Å². The first kappa shape index (κ1) is 21.8. The second-order valence-electron chi connectivity index (χ2n) is 8.07. The topological polar surface area (TPSA) is 128 Å². The lowest BCUT2D eigenvalue weighted by atomic mass is 9.91. The molecule has 34 heavy (non-hydrogen) atoms. The van der Waals surface area contributed by atoms with Gasteiger partial charge in [0.2, 0.25) is 5.95 Å². The molecule has 0 aromatic carbocycles. The predicted molar refractivity (Wildman–Crippen MR) is 112 cm³/mol. The van der Waals surface area contributed by atoms with Crippen LogP contribution in [0.3, 0.4) is 0 Å². The molecule has 1 aliphatic heterocycles. The van der Waals surface area contributed by atoms with Gasteiger partial charge in [-0.15, -0.1) is 5.10 Å². The van der Waals surface area contributed by atoms with E-state index in [1.165, 1.54) is 27.6 Å². The molecule has 4 aromatic heterocycles. The van der Waals surface area contributed by atoms with E-state index in [0.717, 1.165) is 4.52 Å². The van der Waals surface area contributed by atoms with Crippen LogP contribution in [0.15, 0.2) is 23.3 Å². The summed E-state index contributed by atoms with van der Waals surface area (Å²) >= 11 is 0. The van der Waals surface area contributed by atoms with Gasteiger partial charge in [0.15, 0.2) is 11.3 Å². The highest BCUT2D eigenvalue weighted by Gasteiger charge is 2.39. The van der Waals surface area contributed by atoms with Crippen LogP contribution >= 0.6 is 0 Å². The van der Waals surface area contributed by atoms with Crippen LogP contribution in [-0.2, 0) is 23.5 Å². The second kappa shape index (κ2) is 7.52. The Bertz CT molecular complexity index is 1520. The van der Waals surface area contributed by atoms with Crippen molar-refractivity contribution in [2.75, 3.05) is 18.5 Å². The molecule has 1 aliphatic rings. The van der Waals surface area contributed by atoms with E-state index in [2.05, 4.69) is 31.4 Å².